The first-order chi connectivity index (χ1) is 7.13. The van der Waals surface area contributed by atoms with Crippen molar-refractivity contribution < 1.29 is 0 Å². The second kappa shape index (κ2) is 5.81. The zero-order valence-corrected chi connectivity index (χ0v) is 10.1. The highest BCUT2D eigenvalue weighted by molar-refractivity contribution is 5.07. The molecule has 0 aliphatic carbocycles. The Hall–Kier alpha value is -0.960. The van der Waals surface area contributed by atoms with Crippen molar-refractivity contribution in [3.05, 3.63) is 23.8 Å². The summed E-state index contributed by atoms with van der Waals surface area (Å²) in [6, 6.07) is 2.36. The molecule has 0 aliphatic heterocycles. The second-order valence-electron chi connectivity index (χ2n) is 4.27. The lowest BCUT2D eigenvalue weighted by Gasteiger charge is -2.19. The number of aryl methyl sites for hydroxylation is 1. The predicted octanol–water partition coefficient (Wildman–Crippen LogP) is 2.48. The molecule has 0 aromatic carbocycles. The molecule has 1 atom stereocenters. The normalized spacial score (nSPS) is 13.1. The van der Waals surface area contributed by atoms with Gasteiger partial charge in [0.1, 0.15) is 5.82 Å². The van der Waals surface area contributed by atoms with Crippen LogP contribution in [0.2, 0.25) is 0 Å². The number of hydrogen-bond acceptors (Lipinski definition) is 3. The van der Waals surface area contributed by atoms with Crippen LogP contribution >= 0.6 is 0 Å². The zero-order chi connectivity index (χ0) is 11.3. The zero-order valence-electron chi connectivity index (χ0n) is 10.1. The van der Waals surface area contributed by atoms with Gasteiger partial charge in [0, 0.05) is 12.2 Å². The summed E-state index contributed by atoms with van der Waals surface area (Å²) in [7, 11) is 0. The molecule has 1 heterocycles. The fourth-order valence-electron chi connectivity index (χ4n) is 1.69. The lowest BCUT2D eigenvalue weighted by atomic mass is 10.0. The van der Waals surface area contributed by atoms with Crippen LogP contribution < -0.4 is 5.32 Å². The molecule has 1 rings (SSSR count). The minimum absolute atomic E-state index is 0.358. The third-order valence-corrected chi connectivity index (χ3v) is 2.31. The molecular weight excluding hydrogens is 186 g/mol. The maximum absolute atomic E-state index is 4.47. The third-order valence-electron chi connectivity index (χ3n) is 2.31. The van der Waals surface area contributed by atoms with Gasteiger partial charge in [-0.05, 0) is 31.9 Å². The summed E-state index contributed by atoms with van der Waals surface area (Å²) in [5.41, 5.74) is 1.11. The monoisotopic (exact) mass is 207 g/mol. The van der Waals surface area contributed by atoms with E-state index in [0.29, 0.717) is 12.0 Å². The largest absolute Gasteiger partial charge is 0.309 e. The molecular formula is C12H21N3. The van der Waals surface area contributed by atoms with Crippen LogP contribution in [0.25, 0.3) is 0 Å². The maximum Gasteiger partial charge on any atom is 0.125 e. The lowest BCUT2D eigenvalue weighted by Crippen LogP contribution is -2.23. The van der Waals surface area contributed by atoms with E-state index in [0.717, 1.165) is 24.5 Å². The minimum Gasteiger partial charge on any atom is -0.309 e. The van der Waals surface area contributed by atoms with E-state index >= 15 is 0 Å². The molecule has 0 bridgehead atoms. The molecule has 1 unspecified atom stereocenters. The molecule has 0 spiro atoms. The topological polar surface area (TPSA) is 37.8 Å². The van der Waals surface area contributed by atoms with Gasteiger partial charge in [-0.15, -0.1) is 0 Å². The average Bonchev–Trinajstić information content (AvgIpc) is 2.16. The molecule has 15 heavy (non-hydrogen) atoms. The van der Waals surface area contributed by atoms with Crippen molar-refractivity contribution in [3.63, 3.8) is 0 Å². The van der Waals surface area contributed by atoms with Gasteiger partial charge in [-0.2, -0.15) is 0 Å². The van der Waals surface area contributed by atoms with Crippen LogP contribution in [-0.2, 0) is 0 Å². The van der Waals surface area contributed by atoms with Gasteiger partial charge < -0.3 is 5.32 Å². The van der Waals surface area contributed by atoms with Crippen molar-refractivity contribution in [3.8, 4) is 0 Å². The minimum atomic E-state index is 0.358. The Morgan fingerprint density at radius 3 is 2.67 bits per heavy atom. The highest BCUT2D eigenvalue weighted by Gasteiger charge is 2.13. The van der Waals surface area contributed by atoms with Crippen LogP contribution in [0.15, 0.2) is 12.3 Å². The van der Waals surface area contributed by atoms with Crippen molar-refractivity contribution in [1.82, 2.24) is 15.3 Å². The van der Waals surface area contributed by atoms with Gasteiger partial charge in [-0.3, -0.25) is 0 Å². The average molecular weight is 207 g/mol. The number of hydrogen-bond donors (Lipinski definition) is 1. The lowest BCUT2D eigenvalue weighted by molar-refractivity contribution is 0.429. The molecule has 3 heteroatoms. The maximum atomic E-state index is 4.47. The first kappa shape index (κ1) is 12.1. The van der Waals surface area contributed by atoms with Crippen LogP contribution in [-0.4, -0.2) is 16.5 Å². The summed E-state index contributed by atoms with van der Waals surface area (Å²) in [5.74, 6) is 1.52. The van der Waals surface area contributed by atoms with Gasteiger partial charge in [0.15, 0.2) is 0 Å². The van der Waals surface area contributed by atoms with Gasteiger partial charge >= 0.3 is 0 Å². The molecule has 0 aliphatic rings. The van der Waals surface area contributed by atoms with E-state index in [1.807, 2.05) is 19.2 Å². The molecule has 0 saturated heterocycles. The second-order valence-corrected chi connectivity index (χ2v) is 4.27. The SMILES string of the molecule is CCNC(CC(C)C)c1ccnc(C)n1. The van der Waals surface area contributed by atoms with Gasteiger partial charge in [0.25, 0.3) is 0 Å². The van der Waals surface area contributed by atoms with Gasteiger partial charge in [-0.1, -0.05) is 20.8 Å². The molecule has 3 nitrogen and oxygen atoms in total. The number of nitrogens with one attached hydrogen (secondary N) is 1. The Morgan fingerprint density at radius 1 is 1.40 bits per heavy atom. The summed E-state index contributed by atoms with van der Waals surface area (Å²) in [6.07, 6.45) is 2.95. The Bertz CT molecular complexity index is 297. The first-order valence-electron chi connectivity index (χ1n) is 5.66. The van der Waals surface area contributed by atoms with E-state index in [2.05, 4.69) is 36.1 Å². The smallest absolute Gasteiger partial charge is 0.125 e. The Labute approximate surface area is 92.3 Å². The number of aromatic nitrogens is 2. The van der Waals surface area contributed by atoms with Crippen LogP contribution in [0.4, 0.5) is 0 Å². The van der Waals surface area contributed by atoms with E-state index in [4.69, 9.17) is 0 Å². The van der Waals surface area contributed by atoms with Crippen LogP contribution in [0, 0.1) is 12.8 Å². The fraction of sp³-hybridized carbons (Fsp3) is 0.667. The molecule has 0 fully saturated rings. The predicted molar refractivity (Wildman–Crippen MR) is 62.6 cm³/mol. The quantitative estimate of drug-likeness (QED) is 0.806. The van der Waals surface area contributed by atoms with Crippen molar-refractivity contribution >= 4 is 0 Å². The van der Waals surface area contributed by atoms with Crippen molar-refractivity contribution in [2.24, 2.45) is 5.92 Å². The number of nitrogens with zero attached hydrogens (tertiary/aromatic N) is 2. The van der Waals surface area contributed by atoms with Crippen molar-refractivity contribution in [1.29, 1.82) is 0 Å². The first-order valence-corrected chi connectivity index (χ1v) is 5.66. The Balaban J connectivity index is 2.78. The van der Waals surface area contributed by atoms with E-state index in [9.17, 15) is 0 Å². The van der Waals surface area contributed by atoms with Gasteiger partial charge in [-0.25, -0.2) is 9.97 Å². The van der Waals surface area contributed by atoms with Crippen molar-refractivity contribution in [2.75, 3.05) is 6.54 Å². The summed E-state index contributed by atoms with van der Waals surface area (Å²) in [6.45, 7) is 9.50. The molecule has 1 aromatic heterocycles. The van der Waals surface area contributed by atoms with E-state index in [1.54, 1.807) is 0 Å². The van der Waals surface area contributed by atoms with Crippen LogP contribution in [0.1, 0.15) is 44.8 Å². The Kier molecular flexibility index (Phi) is 4.69. The van der Waals surface area contributed by atoms with E-state index < -0.39 is 0 Å². The summed E-state index contributed by atoms with van der Waals surface area (Å²) < 4.78 is 0. The van der Waals surface area contributed by atoms with Gasteiger partial charge in [0.05, 0.1) is 5.69 Å². The Morgan fingerprint density at radius 2 is 2.13 bits per heavy atom. The molecule has 84 valence electrons. The van der Waals surface area contributed by atoms with Gasteiger partial charge in [0.2, 0.25) is 0 Å². The fourth-order valence-corrected chi connectivity index (χ4v) is 1.69. The van der Waals surface area contributed by atoms with Crippen LogP contribution in [0.3, 0.4) is 0 Å². The molecule has 1 aromatic rings. The number of rotatable bonds is 5. The molecule has 0 radical (unpaired) electrons. The third kappa shape index (κ3) is 3.96. The molecule has 1 N–H and O–H groups in total. The molecule has 0 amide bonds. The summed E-state index contributed by atoms with van der Waals surface area (Å²) >= 11 is 0. The summed E-state index contributed by atoms with van der Waals surface area (Å²) in [5, 5.41) is 3.47. The van der Waals surface area contributed by atoms with E-state index in [-0.39, 0.29) is 0 Å². The van der Waals surface area contributed by atoms with Crippen LogP contribution in [0.5, 0.6) is 0 Å². The van der Waals surface area contributed by atoms with E-state index in [1.165, 1.54) is 0 Å². The molecule has 0 saturated carbocycles. The standard InChI is InChI=1S/C12H21N3/c1-5-13-12(8-9(2)3)11-6-7-14-10(4)15-11/h6-7,9,12-13H,5,8H2,1-4H3. The highest BCUT2D eigenvalue weighted by atomic mass is 15.0. The van der Waals surface area contributed by atoms with Crippen molar-refractivity contribution in [2.45, 2.75) is 40.2 Å². The highest BCUT2D eigenvalue weighted by Crippen LogP contribution is 2.18. The summed E-state index contributed by atoms with van der Waals surface area (Å²) in [4.78, 5) is 8.59.